The van der Waals surface area contributed by atoms with Crippen LogP contribution in [0.25, 0.3) is 0 Å². The van der Waals surface area contributed by atoms with E-state index < -0.39 is 0 Å². The van der Waals surface area contributed by atoms with Gasteiger partial charge in [-0.15, -0.1) is 0 Å². The minimum Gasteiger partial charge on any atom is -0.343 e. The molecule has 0 aliphatic carbocycles. The Balaban J connectivity index is 1.49. The maximum atomic E-state index is 12.9. The molecule has 2 atom stereocenters. The number of nitrogens with one attached hydrogen (secondary N) is 1. The topological polar surface area (TPSA) is 49.4 Å². The Morgan fingerprint density at radius 2 is 1.65 bits per heavy atom. The minimum atomic E-state index is -0.359. The number of halogens is 1. The van der Waals surface area contributed by atoms with Crippen molar-refractivity contribution in [3.8, 4) is 0 Å². The molecule has 1 amide bonds. The van der Waals surface area contributed by atoms with E-state index in [1.165, 1.54) is 24.3 Å². The number of benzene rings is 1. The molecule has 2 aliphatic rings. The number of amides is 1. The Morgan fingerprint density at radius 3 is 2.26 bits per heavy atom. The lowest BCUT2D eigenvalue weighted by Crippen LogP contribution is -2.32. The van der Waals surface area contributed by atoms with Crippen molar-refractivity contribution in [2.45, 2.75) is 25.7 Å². The van der Waals surface area contributed by atoms with E-state index in [0.717, 1.165) is 39.0 Å². The summed E-state index contributed by atoms with van der Waals surface area (Å²) in [5, 5.41) is 3.42. The van der Waals surface area contributed by atoms with E-state index in [1.54, 1.807) is 0 Å². The van der Waals surface area contributed by atoms with E-state index >= 15 is 0 Å². The summed E-state index contributed by atoms with van der Waals surface area (Å²) in [7, 11) is 0. The van der Waals surface area contributed by atoms with E-state index in [9.17, 15) is 14.0 Å². The van der Waals surface area contributed by atoms with Crippen LogP contribution >= 0.6 is 0 Å². The van der Waals surface area contributed by atoms with Crippen molar-refractivity contribution in [1.82, 2.24) is 10.2 Å². The van der Waals surface area contributed by atoms with E-state index in [4.69, 9.17) is 0 Å². The summed E-state index contributed by atoms with van der Waals surface area (Å²) in [6, 6.07) is 5.50. The normalized spacial score (nSPS) is 24.1. The number of Topliss-reactive ketones (excluding diaryl/α,β-unsaturated/α-hetero) is 1. The summed E-state index contributed by atoms with van der Waals surface area (Å²) in [6.07, 6.45) is 2.53. The van der Waals surface area contributed by atoms with Gasteiger partial charge >= 0.3 is 0 Å². The van der Waals surface area contributed by atoms with Crippen LogP contribution in [-0.2, 0) is 4.79 Å². The Bertz CT molecular complexity index is 559. The fourth-order valence-corrected chi connectivity index (χ4v) is 3.63. The van der Waals surface area contributed by atoms with Crippen LogP contribution in [0.3, 0.4) is 0 Å². The Morgan fingerprint density at radius 1 is 1.04 bits per heavy atom. The summed E-state index contributed by atoms with van der Waals surface area (Å²) in [4.78, 5) is 26.3. The van der Waals surface area contributed by atoms with Crippen molar-refractivity contribution in [1.29, 1.82) is 0 Å². The summed E-state index contributed by atoms with van der Waals surface area (Å²) in [5.74, 6) is 0.979. The van der Waals surface area contributed by atoms with Gasteiger partial charge in [0.1, 0.15) is 5.82 Å². The quantitative estimate of drug-likeness (QED) is 0.866. The van der Waals surface area contributed by atoms with E-state index in [-0.39, 0.29) is 30.3 Å². The zero-order chi connectivity index (χ0) is 16.2. The Kier molecular flexibility index (Phi) is 5.06. The predicted molar refractivity (Wildman–Crippen MR) is 85.6 cm³/mol. The van der Waals surface area contributed by atoms with Crippen LogP contribution in [-0.4, -0.2) is 42.8 Å². The van der Waals surface area contributed by atoms with Crippen molar-refractivity contribution in [3.05, 3.63) is 35.6 Å². The van der Waals surface area contributed by atoms with Gasteiger partial charge in [-0.25, -0.2) is 4.39 Å². The lowest BCUT2D eigenvalue weighted by molar-refractivity contribution is -0.131. The standard InChI is InChI=1S/C18H23FN2O2/c19-16-3-1-13(2-4-16)17(22)5-6-18(23)21-9-7-14-11-20-12-15(14)8-10-21/h1-4,14-15,20H,5-12H2/t14-,15+. The van der Waals surface area contributed by atoms with Crippen LogP contribution in [0.1, 0.15) is 36.0 Å². The molecule has 0 unspecified atom stereocenters. The van der Waals surface area contributed by atoms with Gasteiger partial charge in [0.2, 0.25) is 5.91 Å². The van der Waals surface area contributed by atoms with E-state index in [0.29, 0.717) is 17.4 Å². The first kappa shape index (κ1) is 16.1. The summed E-state index contributed by atoms with van der Waals surface area (Å²) >= 11 is 0. The summed E-state index contributed by atoms with van der Waals surface area (Å²) in [5.41, 5.74) is 0.468. The zero-order valence-electron chi connectivity index (χ0n) is 13.3. The number of ketones is 1. The third kappa shape index (κ3) is 3.96. The van der Waals surface area contributed by atoms with Gasteiger partial charge in [0.25, 0.3) is 0 Å². The second-order valence-corrected chi connectivity index (χ2v) is 6.57. The highest BCUT2D eigenvalue weighted by Gasteiger charge is 2.31. The number of hydrogen-bond donors (Lipinski definition) is 1. The van der Waals surface area contributed by atoms with Gasteiger partial charge in [0, 0.05) is 31.5 Å². The van der Waals surface area contributed by atoms with Crippen molar-refractivity contribution >= 4 is 11.7 Å². The minimum absolute atomic E-state index is 0.0633. The van der Waals surface area contributed by atoms with Gasteiger partial charge in [-0.3, -0.25) is 9.59 Å². The second-order valence-electron chi connectivity index (χ2n) is 6.57. The Hall–Kier alpha value is -1.75. The van der Waals surface area contributed by atoms with E-state index in [2.05, 4.69) is 5.32 Å². The van der Waals surface area contributed by atoms with Crippen molar-refractivity contribution in [2.75, 3.05) is 26.2 Å². The van der Waals surface area contributed by atoms with Crippen LogP contribution in [0.2, 0.25) is 0 Å². The largest absolute Gasteiger partial charge is 0.343 e. The molecular weight excluding hydrogens is 295 g/mol. The molecule has 2 aliphatic heterocycles. The first-order chi connectivity index (χ1) is 11.1. The van der Waals surface area contributed by atoms with Gasteiger partial charge in [-0.2, -0.15) is 0 Å². The van der Waals surface area contributed by atoms with Gasteiger partial charge in [-0.05, 0) is 62.0 Å². The first-order valence-corrected chi connectivity index (χ1v) is 8.41. The van der Waals surface area contributed by atoms with Gasteiger partial charge in [0.15, 0.2) is 5.78 Å². The third-order valence-electron chi connectivity index (χ3n) is 5.10. The van der Waals surface area contributed by atoms with Crippen molar-refractivity contribution in [3.63, 3.8) is 0 Å². The van der Waals surface area contributed by atoms with Crippen molar-refractivity contribution < 1.29 is 14.0 Å². The number of rotatable bonds is 4. The number of hydrogen-bond acceptors (Lipinski definition) is 3. The number of carbonyl (C=O) groups is 2. The SMILES string of the molecule is O=C(CCC(=O)N1CC[C@@H]2CNC[C@@H]2CC1)c1ccc(F)cc1. The van der Waals surface area contributed by atoms with Crippen LogP contribution in [0.4, 0.5) is 4.39 Å². The maximum Gasteiger partial charge on any atom is 0.223 e. The van der Waals surface area contributed by atoms with E-state index in [1.807, 2.05) is 4.90 Å². The average molecular weight is 318 g/mol. The number of nitrogens with zero attached hydrogens (tertiary/aromatic N) is 1. The van der Waals surface area contributed by atoms with Gasteiger partial charge in [-0.1, -0.05) is 0 Å². The number of fused-ring (bicyclic) bond motifs is 1. The third-order valence-corrected chi connectivity index (χ3v) is 5.10. The van der Waals surface area contributed by atoms with Crippen molar-refractivity contribution in [2.24, 2.45) is 11.8 Å². The highest BCUT2D eigenvalue weighted by molar-refractivity contribution is 5.97. The maximum absolute atomic E-state index is 12.9. The molecule has 1 N–H and O–H groups in total. The van der Waals surface area contributed by atoms with Crippen LogP contribution in [0.15, 0.2) is 24.3 Å². The lowest BCUT2D eigenvalue weighted by Gasteiger charge is -2.20. The lowest BCUT2D eigenvalue weighted by atomic mass is 9.92. The number of carbonyl (C=O) groups excluding carboxylic acids is 2. The van der Waals surface area contributed by atoms with Gasteiger partial charge in [0.05, 0.1) is 0 Å². The molecule has 0 aromatic heterocycles. The van der Waals surface area contributed by atoms with Crippen LogP contribution in [0.5, 0.6) is 0 Å². The molecule has 0 bridgehead atoms. The predicted octanol–water partition coefficient (Wildman–Crippen LogP) is 2.25. The molecule has 4 nitrogen and oxygen atoms in total. The zero-order valence-corrected chi connectivity index (χ0v) is 13.3. The fourth-order valence-electron chi connectivity index (χ4n) is 3.63. The van der Waals surface area contributed by atoms with Gasteiger partial charge < -0.3 is 10.2 Å². The first-order valence-electron chi connectivity index (χ1n) is 8.41. The highest BCUT2D eigenvalue weighted by Crippen LogP contribution is 2.27. The molecule has 2 saturated heterocycles. The molecule has 2 heterocycles. The molecule has 2 fully saturated rings. The summed E-state index contributed by atoms with van der Waals surface area (Å²) < 4.78 is 12.9. The Labute approximate surface area is 136 Å². The molecular formula is C18H23FN2O2. The van der Waals surface area contributed by atoms with Crippen LogP contribution < -0.4 is 5.32 Å². The second kappa shape index (κ2) is 7.21. The smallest absolute Gasteiger partial charge is 0.223 e. The van der Waals surface area contributed by atoms with Crippen LogP contribution in [0, 0.1) is 17.7 Å². The molecule has 23 heavy (non-hydrogen) atoms. The average Bonchev–Trinajstić information content (AvgIpc) is 2.91. The molecule has 1 aromatic carbocycles. The molecule has 124 valence electrons. The fraction of sp³-hybridized carbons (Fsp3) is 0.556. The molecule has 0 saturated carbocycles. The number of likely N-dealkylation sites (tertiary alicyclic amines) is 1. The molecule has 5 heteroatoms. The monoisotopic (exact) mass is 318 g/mol. The summed E-state index contributed by atoms with van der Waals surface area (Å²) in [6.45, 7) is 3.73. The molecule has 0 spiro atoms. The molecule has 0 radical (unpaired) electrons. The molecule has 3 rings (SSSR count). The highest BCUT2D eigenvalue weighted by atomic mass is 19.1. The molecule has 1 aromatic rings.